The van der Waals surface area contributed by atoms with Gasteiger partial charge in [0.1, 0.15) is 5.75 Å². The molecule has 0 aliphatic heterocycles. The van der Waals surface area contributed by atoms with Gasteiger partial charge in [-0.2, -0.15) is 0 Å². The van der Waals surface area contributed by atoms with Gasteiger partial charge in [-0.25, -0.2) is 4.79 Å². The molecule has 0 fully saturated rings. The van der Waals surface area contributed by atoms with Gasteiger partial charge in [-0.3, -0.25) is 0 Å². The van der Waals surface area contributed by atoms with E-state index in [9.17, 15) is 4.79 Å². The van der Waals surface area contributed by atoms with Crippen LogP contribution < -0.4 is 10.6 Å². The van der Waals surface area contributed by atoms with Crippen molar-refractivity contribution < 1.29 is 9.90 Å². The standard InChI is InChI=1S/C14H13ClN2O2/c15-11-3-1-10(2-4-11)9-16-14(19)17-12-5-7-13(18)8-6-12/h1-8,18H,9H2,(H2,16,17,19). The van der Waals surface area contributed by atoms with Gasteiger partial charge in [0.05, 0.1) is 0 Å². The summed E-state index contributed by atoms with van der Waals surface area (Å²) in [6.07, 6.45) is 0. The fraction of sp³-hybridized carbons (Fsp3) is 0.0714. The molecule has 2 amide bonds. The third-order valence-electron chi connectivity index (χ3n) is 2.49. The van der Waals surface area contributed by atoms with Gasteiger partial charge in [0.2, 0.25) is 0 Å². The van der Waals surface area contributed by atoms with Crippen molar-refractivity contribution in [2.75, 3.05) is 5.32 Å². The Kier molecular flexibility index (Phi) is 4.26. The molecular formula is C14H13ClN2O2. The number of phenols is 1. The van der Waals surface area contributed by atoms with Gasteiger partial charge in [-0.1, -0.05) is 23.7 Å². The van der Waals surface area contributed by atoms with E-state index >= 15 is 0 Å². The zero-order valence-electron chi connectivity index (χ0n) is 10.1. The Labute approximate surface area is 116 Å². The molecule has 5 heteroatoms. The largest absolute Gasteiger partial charge is 0.508 e. The number of hydrogen-bond donors (Lipinski definition) is 3. The van der Waals surface area contributed by atoms with Gasteiger partial charge in [0.15, 0.2) is 0 Å². The zero-order valence-corrected chi connectivity index (χ0v) is 10.8. The molecule has 2 rings (SSSR count). The summed E-state index contributed by atoms with van der Waals surface area (Å²) in [6.45, 7) is 0.418. The van der Waals surface area contributed by atoms with Crippen molar-refractivity contribution in [3.8, 4) is 5.75 Å². The van der Waals surface area contributed by atoms with Crippen LogP contribution in [0, 0.1) is 0 Å². The minimum atomic E-state index is -0.305. The molecule has 0 saturated carbocycles. The first-order valence-corrected chi connectivity index (χ1v) is 6.09. The second kappa shape index (κ2) is 6.11. The smallest absolute Gasteiger partial charge is 0.319 e. The van der Waals surface area contributed by atoms with Crippen LogP contribution in [0.4, 0.5) is 10.5 Å². The molecule has 0 unspecified atom stereocenters. The van der Waals surface area contributed by atoms with E-state index in [1.807, 2.05) is 12.1 Å². The summed E-state index contributed by atoms with van der Waals surface area (Å²) in [5.41, 5.74) is 1.58. The van der Waals surface area contributed by atoms with Crippen LogP contribution in [0.25, 0.3) is 0 Å². The lowest BCUT2D eigenvalue weighted by atomic mass is 10.2. The first kappa shape index (κ1) is 13.2. The number of aromatic hydroxyl groups is 1. The summed E-state index contributed by atoms with van der Waals surface area (Å²) in [5, 5.41) is 15.2. The summed E-state index contributed by atoms with van der Waals surface area (Å²) < 4.78 is 0. The third kappa shape index (κ3) is 4.19. The molecule has 19 heavy (non-hydrogen) atoms. The quantitative estimate of drug-likeness (QED) is 0.753. The average Bonchev–Trinajstić information content (AvgIpc) is 2.41. The fourth-order valence-corrected chi connectivity index (χ4v) is 1.63. The van der Waals surface area contributed by atoms with E-state index in [2.05, 4.69) is 10.6 Å². The molecule has 2 aromatic rings. The molecule has 0 radical (unpaired) electrons. The minimum Gasteiger partial charge on any atom is -0.508 e. The molecule has 0 aliphatic rings. The highest BCUT2D eigenvalue weighted by Crippen LogP contribution is 2.13. The molecule has 3 N–H and O–H groups in total. The number of rotatable bonds is 3. The number of nitrogens with one attached hydrogen (secondary N) is 2. The molecule has 0 aliphatic carbocycles. The van der Waals surface area contributed by atoms with Crippen molar-refractivity contribution in [2.24, 2.45) is 0 Å². The molecule has 0 atom stereocenters. The first-order valence-electron chi connectivity index (χ1n) is 5.72. The molecule has 2 aromatic carbocycles. The first-order chi connectivity index (χ1) is 9.13. The highest BCUT2D eigenvalue weighted by Gasteiger charge is 2.01. The fourth-order valence-electron chi connectivity index (χ4n) is 1.50. The minimum absolute atomic E-state index is 0.159. The Bertz CT molecular complexity index is 553. The lowest BCUT2D eigenvalue weighted by Crippen LogP contribution is -2.28. The monoisotopic (exact) mass is 276 g/mol. The summed E-state index contributed by atoms with van der Waals surface area (Å²) in [6, 6.07) is 13.2. The maximum Gasteiger partial charge on any atom is 0.319 e. The van der Waals surface area contributed by atoms with Gasteiger partial charge >= 0.3 is 6.03 Å². The highest BCUT2D eigenvalue weighted by molar-refractivity contribution is 6.30. The highest BCUT2D eigenvalue weighted by atomic mass is 35.5. The lowest BCUT2D eigenvalue weighted by Gasteiger charge is -2.07. The van der Waals surface area contributed by atoms with Gasteiger partial charge in [-0.05, 0) is 42.0 Å². The Morgan fingerprint density at radius 2 is 1.68 bits per heavy atom. The van der Waals surface area contributed by atoms with Gasteiger partial charge < -0.3 is 15.7 Å². The number of carbonyl (C=O) groups is 1. The Morgan fingerprint density at radius 3 is 2.32 bits per heavy atom. The number of urea groups is 1. The predicted molar refractivity (Wildman–Crippen MR) is 75.4 cm³/mol. The number of carbonyl (C=O) groups excluding carboxylic acids is 1. The number of anilines is 1. The summed E-state index contributed by atoms with van der Waals surface area (Å²) in [4.78, 5) is 11.6. The summed E-state index contributed by atoms with van der Waals surface area (Å²) >= 11 is 5.77. The van der Waals surface area contributed by atoms with Crippen molar-refractivity contribution in [2.45, 2.75) is 6.54 Å². The van der Waals surface area contributed by atoms with Crippen LogP contribution in [0.15, 0.2) is 48.5 Å². The average molecular weight is 277 g/mol. The van der Waals surface area contributed by atoms with Crippen molar-refractivity contribution in [1.29, 1.82) is 0 Å². The molecule has 0 heterocycles. The van der Waals surface area contributed by atoms with E-state index in [0.29, 0.717) is 17.3 Å². The van der Waals surface area contributed by atoms with Crippen LogP contribution >= 0.6 is 11.6 Å². The number of amides is 2. The van der Waals surface area contributed by atoms with Crippen molar-refractivity contribution in [3.63, 3.8) is 0 Å². The number of halogens is 1. The summed E-state index contributed by atoms with van der Waals surface area (Å²) in [5.74, 6) is 0.159. The number of benzene rings is 2. The zero-order chi connectivity index (χ0) is 13.7. The lowest BCUT2D eigenvalue weighted by molar-refractivity contribution is 0.251. The van der Waals surface area contributed by atoms with Crippen LogP contribution in [0.5, 0.6) is 5.75 Å². The Hall–Kier alpha value is -2.20. The van der Waals surface area contributed by atoms with E-state index in [0.717, 1.165) is 5.56 Å². The van der Waals surface area contributed by atoms with E-state index in [1.54, 1.807) is 24.3 Å². The number of hydrogen-bond acceptors (Lipinski definition) is 2. The molecular weight excluding hydrogens is 264 g/mol. The van der Waals surface area contributed by atoms with Crippen LogP contribution in [0.3, 0.4) is 0 Å². The summed E-state index contributed by atoms with van der Waals surface area (Å²) in [7, 11) is 0. The molecule has 0 aromatic heterocycles. The van der Waals surface area contributed by atoms with Crippen molar-refractivity contribution in [3.05, 3.63) is 59.1 Å². The Morgan fingerprint density at radius 1 is 1.05 bits per heavy atom. The third-order valence-corrected chi connectivity index (χ3v) is 2.74. The van der Waals surface area contributed by atoms with Crippen LogP contribution in [-0.4, -0.2) is 11.1 Å². The van der Waals surface area contributed by atoms with E-state index in [-0.39, 0.29) is 11.8 Å². The molecule has 98 valence electrons. The van der Waals surface area contributed by atoms with Crippen LogP contribution in [-0.2, 0) is 6.54 Å². The maximum absolute atomic E-state index is 11.6. The van der Waals surface area contributed by atoms with Crippen LogP contribution in [0.2, 0.25) is 5.02 Å². The topological polar surface area (TPSA) is 61.4 Å². The number of phenolic OH excluding ortho intramolecular Hbond substituents is 1. The predicted octanol–water partition coefficient (Wildman–Crippen LogP) is 3.37. The molecule has 4 nitrogen and oxygen atoms in total. The second-order valence-corrected chi connectivity index (χ2v) is 4.42. The molecule has 0 saturated heterocycles. The van der Waals surface area contributed by atoms with Crippen molar-refractivity contribution >= 4 is 23.3 Å². The molecule has 0 bridgehead atoms. The normalized spacial score (nSPS) is 9.95. The van der Waals surface area contributed by atoms with E-state index < -0.39 is 0 Å². The van der Waals surface area contributed by atoms with Gasteiger partial charge in [0.25, 0.3) is 0 Å². The van der Waals surface area contributed by atoms with Gasteiger partial charge in [-0.15, -0.1) is 0 Å². The molecule has 0 spiro atoms. The maximum atomic E-state index is 11.6. The Balaban J connectivity index is 1.84. The van der Waals surface area contributed by atoms with Gasteiger partial charge in [0, 0.05) is 17.3 Å². The second-order valence-electron chi connectivity index (χ2n) is 3.98. The van der Waals surface area contributed by atoms with Crippen molar-refractivity contribution in [1.82, 2.24) is 5.32 Å². The van der Waals surface area contributed by atoms with Crippen LogP contribution in [0.1, 0.15) is 5.56 Å². The van der Waals surface area contributed by atoms with E-state index in [4.69, 9.17) is 16.7 Å². The SMILES string of the molecule is O=C(NCc1ccc(Cl)cc1)Nc1ccc(O)cc1. The van der Waals surface area contributed by atoms with E-state index in [1.165, 1.54) is 12.1 Å².